The standard InChI is InChI=1S/C15H23N3O6/c1-15(2,3)16-10(19)7-17(4)13(22)9-24-14(23)8-18-11(20)5-6-12(18)21/h5-9H2,1-4H3,(H,16,19). The summed E-state index contributed by atoms with van der Waals surface area (Å²) in [7, 11) is 1.41. The van der Waals surface area contributed by atoms with E-state index in [-0.39, 0.29) is 25.3 Å². The minimum absolute atomic E-state index is 0.0800. The van der Waals surface area contributed by atoms with Gasteiger partial charge in [-0.05, 0) is 20.8 Å². The van der Waals surface area contributed by atoms with Crippen LogP contribution in [0.15, 0.2) is 0 Å². The maximum absolute atomic E-state index is 11.8. The number of hydrogen-bond acceptors (Lipinski definition) is 6. The van der Waals surface area contributed by atoms with Gasteiger partial charge >= 0.3 is 5.97 Å². The first-order chi connectivity index (χ1) is 11.0. The van der Waals surface area contributed by atoms with Crippen LogP contribution < -0.4 is 5.32 Å². The van der Waals surface area contributed by atoms with Gasteiger partial charge in [-0.3, -0.25) is 28.9 Å². The Morgan fingerprint density at radius 3 is 2.21 bits per heavy atom. The average molecular weight is 341 g/mol. The molecule has 1 aliphatic heterocycles. The number of likely N-dealkylation sites (tertiary alicyclic amines) is 1. The number of hydrogen-bond donors (Lipinski definition) is 1. The van der Waals surface area contributed by atoms with E-state index in [0.717, 1.165) is 9.80 Å². The molecule has 134 valence electrons. The molecule has 1 saturated heterocycles. The van der Waals surface area contributed by atoms with Crippen molar-refractivity contribution in [1.29, 1.82) is 0 Å². The van der Waals surface area contributed by atoms with Gasteiger partial charge in [-0.1, -0.05) is 0 Å². The fourth-order valence-corrected chi connectivity index (χ4v) is 1.99. The van der Waals surface area contributed by atoms with Crippen LogP contribution >= 0.6 is 0 Å². The SMILES string of the molecule is CN(CC(=O)NC(C)(C)C)C(=O)COC(=O)CN1C(=O)CCC1=O. The van der Waals surface area contributed by atoms with Crippen molar-refractivity contribution in [2.24, 2.45) is 0 Å². The molecule has 0 aromatic carbocycles. The van der Waals surface area contributed by atoms with Crippen LogP contribution in [-0.4, -0.2) is 71.7 Å². The summed E-state index contributed by atoms with van der Waals surface area (Å²) in [5, 5.41) is 2.71. The molecule has 0 aliphatic carbocycles. The maximum atomic E-state index is 11.8. The number of ether oxygens (including phenoxy) is 1. The molecule has 0 spiro atoms. The van der Waals surface area contributed by atoms with Gasteiger partial charge in [-0.25, -0.2) is 0 Å². The van der Waals surface area contributed by atoms with Crippen molar-refractivity contribution in [3.8, 4) is 0 Å². The topological polar surface area (TPSA) is 113 Å². The number of carbonyl (C=O) groups is 5. The molecule has 0 aromatic heterocycles. The van der Waals surface area contributed by atoms with Gasteiger partial charge in [-0.15, -0.1) is 0 Å². The molecule has 0 bridgehead atoms. The van der Waals surface area contributed by atoms with E-state index in [2.05, 4.69) is 5.32 Å². The highest BCUT2D eigenvalue weighted by Gasteiger charge is 2.31. The number of rotatable bonds is 6. The van der Waals surface area contributed by atoms with E-state index in [0.29, 0.717) is 0 Å². The van der Waals surface area contributed by atoms with Crippen LogP contribution in [0.2, 0.25) is 0 Å². The molecule has 1 heterocycles. The normalized spacial score (nSPS) is 14.6. The predicted molar refractivity (Wildman–Crippen MR) is 82.4 cm³/mol. The molecular formula is C15H23N3O6. The Hall–Kier alpha value is -2.45. The van der Waals surface area contributed by atoms with E-state index in [9.17, 15) is 24.0 Å². The van der Waals surface area contributed by atoms with Crippen LogP contribution in [0.25, 0.3) is 0 Å². The van der Waals surface area contributed by atoms with E-state index < -0.39 is 42.4 Å². The molecule has 1 N–H and O–H groups in total. The molecule has 1 aliphatic rings. The predicted octanol–water partition coefficient (Wildman–Crippen LogP) is -0.948. The zero-order valence-corrected chi connectivity index (χ0v) is 14.4. The second-order valence-electron chi connectivity index (χ2n) is 6.58. The fourth-order valence-electron chi connectivity index (χ4n) is 1.99. The maximum Gasteiger partial charge on any atom is 0.326 e. The van der Waals surface area contributed by atoms with Crippen LogP contribution in [0.1, 0.15) is 33.6 Å². The summed E-state index contributed by atoms with van der Waals surface area (Å²) < 4.78 is 4.76. The Balaban J connectivity index is 2.36. The number of amides is 4. The summed E-state index contributed by atoms with van der Waals surface area (Å²) in [6, 6.07) is 0. The lowest BCUT2D eigenvalue weighted by molar-refractivity contribution is -0.156. The first-order valence-electron chi connectivity index (χ1n) is 7.53. The first-order valence-corrected chi connectivity index (χ1v) is 7.53. The lowest BCUT2D eigenvalue weighted by Crippen LogP contribution is -2.47. The molecule has 0 radical (unpaired) electrons. The van der Waals surface area contributed by atoms with Crippen molar-refractivity contribution in [3.05, 3.63) is 0 Å². The third-order valence-electron chi connectivity index (χ3n) is 3.12. The molecule has 0 unspecified atom stereocenters. The van der Waals surface area contributed by atoms with Crippen LogP contribution in [0.5, 0.6) is 0 Å². The molecule has 24 heavy (non-hydrogen) atoms. The van der Waals surface area contributed by atoms with E-state index in [1.165, 1.54) is 7.05 Å². The molecule has 0 atom stereocenters. The van der Waals surface area contributed by atoms with E-state index in [1.807, 2.05) is 20.8 Å². The Labute approximate surface area is 140 Å². The number of imide groups is 1. The molecule has 0 saturated carbocycles. The molecule has 1 rings (SSSR count). The van der Waals surface area contributed by atoms with Crippen molar-refractivity contribution in [3.63, 3.8) is 0 Å². The highest BCUT2D eigenvalue weighted by atomic mass is 16.5. The van der Waals surface area contributed by atoms with Crippen molar-refractivity contribution in [2.75, 3.05) is 26.7 Å². The third kappa shape index (κ3) is 6.35. The largest absolute Gasteiger partial charge is 0.454 e. The van der Waals surface area contributed by atoms with Gasteiger partial charge in [0.25, 0.3) is 5.91 Å². The zero-order valence-electron chi connectivity index (χ0n) is 14.4. The van der Waals surface area contributed by atoms with E-state index in [1.54, 1.807) is 0 Å². The number of nitrogens with zero attached hydrogens (tertiary/aromatic N) is 2. The fraction of sp³-hybridized carbons (Fsp3) is 0.667. The van der Waals surface area contributed by atoms with Crippen LogP contribution in [0.4, 0.5) is 0 Å². The second kappa shape index (κ2) is 7.89. The average Bonchev–Trinajstić information content (AvgIpc) is 2.74. The van der Waals surface area contributed by atoms with Gasteiger partial charge < -0.3 is 15.0 Å². The zero-order chi connectivity index (χ0) is 18.5. The minimum Gasteiger partial charge on any atom is -0.454 e. The number of likely N-dealkylation sites (N-methyl/N-ethyl adjacent to an activating group) is 1. The summed E-state index contributed by atoms with van der Waals surface area (Å²) in [4.78, 5) is 59.9. The lowest BCUT2D eigenvalue weighted by atomic mass is 10.1. The van der Waals surface area contributed by atoms with Crippen molar-refractivity contribution >= 4 is 29.6 Å². The summed E-state index contributed by atoms with van der Waals surface area (Å²) in [6.07, 6.45) is 0.160. The Morgan fingerprint density at radius 1 is 1.17 bits per heavy atom. The summed E-state index contributed by atoms with van der Waals surface area (Å²) in [5.74, 6) is -2.61. The van der Waals surface area contributed by atoms with Gasteiger partial charge in [0, 0.05) is 25.4 Å². The Bertz CT molecular complexity index is 536. The smallest absolute Gasteiger partial charge is 0.326 e. The Kier molecular flexibility index (Phi) is 6.44. The molecule has 9 heteroatoms. The van der Waals surface area contributed by atoms with E-state index in [4.69, 9.17) is 4.74 Å². The van der Waals surface area contributed by atoms with Crippen LogP contribution in [0.3, 0.4) is 0 Å². The van der Waals surface area contributed by atoms with Crippen molar-refractivity contribution in [2.45, 2.75) is 39.2 Å². The lowest BCUT2D eigenvalue weighted by Gasteiger charge is -2.23. The van der Waals surface area contributed by atoms with Gasteiger partial charge in [0.15, 0.2) is 6.61 Å². The van der Waals surface area contributed by atoms with Crippen molar-refractivity contribution in [1.82, 2.24) is 15.1 Å². The summed E-state index contributed by atoms with van der Waals surface area (Å²) in [6.45, 7) is 4.21. The van der Waals surface area contributed by atoms with Crippen LogP contribution in [0, 0.1) is 0 Å². The quantitative estimate of drug-likeness (QED) is 0.492. The van der Waals surface area contributed by atoms with E-state index >= 15 is 0 Å². The third-order valence-corrected chi connectivity index (χ3v) is 3.12. The number of carbonyl (C=O) groups excluding carboxylic acids is 5. The first kappa shape index (κ1) is 19.6. The molecule has 9 nitrogen and oxygen atoms in total. The van der Waals surface area contributed by atoms with Gasteiger partial charge in [0.05, 0.1) is 6.54 Å². The van der Waals surface area contributed by atoms with Gasteiger partial charge in [0.1, 0.15) is 6.54 Å². The van der Waals surface area contributed by atoms with Crippen LogP contribution in [-0.2, 0) is 28.7 Å². The number of nitrogens with one attached hydrogen (secondary N) is 1. The number of esters is 1. The molecule has 1 fully saturated rings. The Morgan fingerprint density at radius 2 is 1.71 bits per heavy atom. The molecule has 0 aromatic rings. The monoisotopic (exact) mass is 341 g/mol. The highest BCUT2D eigenvalue weighted by molar-refractivity contribution is 6.04. The van der Waals surface area contributed by atoms with Gasteiger partial charge in [-0.2, -0.15) is 0 Å². The summed E-state index contributed by atoms with van der Waals surface area (Å²) >= 11 is 0. The molecular weight excluding hydrogens is 318 g/mol. The minimum atomic E-state index is -0.848. The van der Waals surface area contributed by atoms with Gasteiger partial charge in [0.2, 0.25) is 17.7 Å². The highest BCUT2D eigenvalue weighted by Crippen LogP contribution is 2.11. The second-order valence-corrected chi connectivity index (χ2v) is 6.58. The van der Waals surface area contributed by atoms with Crippen molar-refractivity contribution < 1.29 is 28.7 Å². The molecule has 4 amide bonds. The summed E-state index contributed by atoms with van der Waals surface area (Å²) in [5.41, 5.74) is -0.414.